The molecule has 0 saturated carbocycles. The molecule has 66 heavy (non-hydrogen) atoms. The number of carbonyl (C=O) groups is 3. The van der Waals surface area contributed by atoms with E-state index in [4.69, 9.17) is 30.4 Å². The first kappa shape index (κ1) is 52.0. The Morgan fingerprint density at radius 2 is 0.803 bits per heavy atom. The molecule has 0 atom stereocenters. The maximum Gasteiger partial charge on any atom is 0.333 e. The van der Waals surface area contributed by atoms with Crippen LogP contribution in [0.25, 0.3) is 0 Å². The van der Waals surface area contributed by atoms with Crippen LogP contribution in [-0.4, -0.2) is 49.4 Å². The minimum Gasteiger partial charge on any atom is -0.494 e. The molecule has 0 aromatic heterocycles. The number of ether oxygens (including phenoxy) is 4. The molecule has 5 rings (SSSR count). The van der Waals surface area contributed by atoms with E-state index in [1.165, 1.54) is 62.0 Å². The van der Waals surface area contributed by atoms with E-state index in [2.05, 4.69) is 22.0 Å². The number of unbranched alkanes of at least 4 members (excludes halogenated alkanes) is 14. The lowest BCUT2D eigenvalue weighted by Gasteiger charge is -2.27. The van der Waals surface area contributed by atoms with Crippen molar-refractivity contribution in [1.29, 1.82) is 0 Å². The van der Waals surface area contributed by atoms with E-state index < -0.39 is 0 Å². The molecule has 9 nitrogen and oxygen atoms in total. The van der Waals surface area contributed by atoms with Crippen molar-refractivity contribution in [3.63, 3.8) is 0 Å². The molecule has 0 amide bonds. The van der Waals surface area contributed by atoms with Gasteiger partial charge in [-0.3, -0.25) is 4.79 Å². The molecule has 0 heterocycles. The molecule has 1 aliphatic carbocycles. The van der Waals surface area contributed by atoms with Crippen LogP contribution in [0.2, 0.25) is 0 Å². The van der Waals surface area contributed by atoms with Gasteiger partial charge in [0.1, 0.15) is 11.5 Å². The number of carbonyl (C=O) groups excluding carboxylic acids is 3. The summed E-state index contributed by atoms with van der Waals surface area (Å²) in [5.74, 6) is 0.903. The van der Waals surface area contributed by atoms with Crippen molar-refractivity contribution in [2.24, 2.45) is 0 Å². The van der Waals surface area contributed by atoms with Gasteiger partial charge in [-0.15, -0.1) is 8.86 Å². The Bertz CT molecular complexity index is 2140. The normalized spacial score (nSPS) is 11.7. The summed E-state index contributed by atoms with van der Waals surface area (Å²) in [5, 5.41) is 0.699. The topological polar surface area (TPSA) is 140 Å². The van der Waals surface area contributed by atoms with Gasteiger partial charge >= 0.3 is 11.9 Å². The van der Waals surface area contributed by atoms with Gasteiger partial charge in [-0.2, -0.15) is 0 Å². The van der Waals surface area contributed by atoms with E-state index >= 15 is 0 Å². The number of esters is 2. The first-order valence-electron chi connectivity index (χ1n) is 23.4. The number of hydrogen-bond acceptors (Lipinski definition) is 11. The molecule has 4 N–H and O–H groups in total. The second-order valence-corrected chi connectivity index (χ2v) is 19.6. The summed E-state index contributed by atoms with van der Waals surface area (Å²) in [6.45, 7) is 12.8. The number of benzene rings is 4. The SMILES string of the molecule is C=C(C)C(=O)OCCCCCCCCCCOc1ccc(Sc2ccc(N)c3c2C(=O)c2c(Sc4ccc(OCCCCCCCCCCOC(=O)C(=C)C)cc4)ccc(N)c2C3=P)cc1. The van der Waals surface area contributed by atoms with Crippen LogP contribution in [-0.2, 0) is 19.1 Å². The summed E-state index contributed by atoms with van der Waals surface area (Å²) >= 11 is 3.04. The Hall–Kier alpha value is -4.96. The highest BCUT2D eigenvalue weighted by atomic mass is 32.2. The number of ketones is 1. The number of anilines is 2. The zero-order valence-electron chi connectivity index (χ0n) is 38.8. The lowest BCUT2D eigenvalue weighted by atomic mass is 9.83. The van der Waals surface area contributed by atoms with Gasteiger partial charge in [0.2, 0.25) is 0 Å². The van der Waals surface area contributed by atoms with E-state index in [0.29, 0.717) is 76.5 Å². The van der Waals surface area contributed by atoms with Crippen LogP contribution in [0.1, 0.15) is 144 Å². The molecule has 0 unspecified atom stereocenters. The Balaban J connectivity index is 1.07. The minimum absolute atomic E-state index is 0.116. The van der Waals surface area contributed by atoms with Crippen LogP contribution in [0.5, 0.6) is 11.5 Å². The van der Waals surface area contributed by atoms with E-state index in [9.17, 15) is 14.4 Å². The number of nitrogens with two attached hydrogens (primary N) is 2. The zero-order chi connectivity index (χ0) is 47.3. The summed E-state index contributed by atoms with van der Waals surface area (Å²) in [4.78, 5) is 41.1. The predicted octanol–water partition coefficient (Wildman–Crippen LogP) is 13.6. The van der Waals surface area contributed by atoms with Gasteiger partial charge < -0.3 is 30.4 Å². The average molecular weight is 951 g/mol. The number of fused-ring (bicyclic) bond motifs is 2. The van der Waals surface area contributed by atoms with Gasteiger partial charge in [0.25, 0.3) is 0 Å². The molecule has 0 fully saturated rings. The molecule has 0 bridgehead atoms. The largest absolute Gasteiger partial charge is 0.494 e. The van der Waals surface area contributed by atoms with Crippen LogP contribution < -0.4 is 20.9 Å². The molecule has 4 aromatic carbocycles. The van der Waals surface area contributed by atoms with Crippen LogP contribution in [0.3, 0.4) is 0 Å². The molecule has 0 aliphatic heterocycles. The summed E-state index contributed by atoms with van der Waals surface area (Å²) in [6, 6.07) is 23.5. The van der Waals surface area contributed by atoms with Crippen molar-refractivity contribution in [3.05, 3.63) is 119 Å². The Morgan fingerprint density at radius 3 is 1.14 bits per heavy atom. The first-order valence-corrected chi connectivity index (χ1v) is 25.5. The Kier molecular flexibility index (Phi) is 21.8. The number of nitrogen functional groups attached to an aromatic ring is 2. The zero-order valence-corrected chi connectivity index (χ0v) is 41.4. The van der Waals surface area contributed by atoms with Crippen molar-refractivity contribution in [3.8, 4) is 11.5 Å². The third-order valence-electron chi connectivity index (χ3n) is 11.2. The molecule has 0 saturated heterocycles. The van der Waals surface area contributed by atoms with Crippen LogP contribution in [0.15, 0.2) is 117 Å². The highest BCUT2D eigenvalue weighted by Crippen LogP contribution is 2.45. The molecule has 352 valence electrons. The molecular formula is C54H67N2O7PS2. The van der Waals surface area contributed by atoms with Crippen molar-refractivity contribution in [1.82, 2.24) is 0 Å². The molecule has 0 radical (unpaired) electrons. The molecule has 12 heteroatoms. The van der Waals surface area contributed by atoms with Gasteiger partial charge in [-0.1, -0.05) is 114 Å². The van der Waals surface area contributed by atoms with Crippen molar-refractivity contribution in [2.45, 2.75) is 136 Å². The Morgan fingerprint density at radius 1 is 0.485 bits per heavy atom. The standard InChI is InChI=1S/C54H67N2O7PS2/c1-37(2)53(58)62-35-19-15-11-7-5-9-13-17-33-60-39-21-25-41(26-22-39)65-45-31-29-43(55)47-49(45)51(57)50-46(32-30-44(56)48(50)52(47)64)66-42-27-23-40(24-28-42)61-34-18-14-10-6-8-12-16-20-36-63-54(59)38(3)4/h21-32,64H,1,3,5-20,33-36,55-56H2,2,4H3. The fourth-order valence-electron chi connectivity index (χ4n) is 7.56. The van der Waals surface area contributed by atoms with E-state index in [1.807, 2.05) is 72.8 Å². The summed E-state index contributed by atoms with van der Waals surface area (Å²) in [5.41, 5.74) is 17.5. The quantitative estimate of drug-likeness (QED) is 0.0149. The van der Waals surface area contributed by atoms with E-state index in [0.717, 1.165) is 95.3 Å². The molecule has 4 aromatic rings. The Labute approximate surface area is 403 Å². The highest BCUT2D eigenvalue weighted by molar-refractivity contribution is 7.99. The van der Waals surface area contributed by atoms with Crippen LogP contribution in [0.4, 0.5) is 11.4 Å². The second kappa shape index (κ2) is 27.6. The number of rotatable bonds is 30. The minimum atomic E-state index is -0.307. The second-order valence-electron chi connectivity index (χ2n) is 16.8. The first-order chi connectivity index (χ1) is 31.9. The van der Waals surface area contributed by atoms with Gasteiger partial charge in [0.15, 0.2) is 5.78 Å². The van der Waals surface area contributed by atoms with Crippen LogP contribution >= 0.6 is 32.4 Å². The smallest absolute Gasteiger partial charge is 0.333 e. The van der Waals surface area contributed by atoms with Crippen LogP contribution in [0, 0.1) is 0 Å². The van der Waals surface area contributed by atoms with Gasteiger partial charge in [-0.25, -0.2) is 9.59 Å². The lowest BCUT2D eigenvalue weighted by Crippen LogP contribution is -2.24. The van der Waals surface area contributed by atoms with Gasteiger partial charge in [-0.05, 0) is 112 Å². The summed E-state index contributed by atoms with van der Waals surface area (Å²) < 4.78 is 22.4. The van der Waals surface area contributed by atoms with Crippen molar-refractivity contribution < 1.29 is 33.3 Å². The predicted molar refractivity (Wildman–Crippen MR) is 274 cm³/mol. The third kappa shape index (κ3) is 16.1. The maximum atomic E-state index is 14.7. The highest BCUT2D eigenvalue weighted by Gasteiger charge is 2.34. The van der Waals surface area contributed by atoms with Crippen molar-refractivity contribution >= 4 is 66.8 Å². The molecule has 1 aliphatic rings. The fraction of sp³-hybridized carbons (Fsp3) is 0.407. The number of hydrogen-bond donors (Lipinski definition) is 2. The van der Waals surface area contributed by atoms with Gasteiger partial charge in [0, 0.05) is 69.7 Å². The summed E-state index contributed by atoms with van der Waals surface area (Å²) in [6.07, 6.45) is 17.5. The van der Waals surface area contributed by atoms with E-state index in [1.54, 1.807) is 13.8 Å². The van der Waals surface area contributed by atoms with Crippen molar-refractivity contribution in [2.75, 3.05) is 37.9 Å². The van der Waals surface area contributed by atoms with E-state index in [-0.39, 0.29) is 17.7 Å². The van der Waals surface area contributed by atoms with Gasteiger partial charge in [0.05, 0.1) is 26.4 Å². The average Bonchev–Trinajstić information content (AvgIpc) is 3.30. The third-order valence-corrected chi connectivity index (χ3v) is 13.9. The maximum absolute atomic E-state index is 14.7. The fourth-order valence-corrected chi connectivity index (χ4v) is 10.0. The summed E-state index contributed by atoms with van der Waals surface area (Å²) in [7, 11) is 3.89. The monoisotopic (exact) mass is 950 g/mol. The molecule has 0 spiro atoms. The lowest BCUT2D eigenvalue weighted by molar-refractivity contribution is -0.139. The molecular weight excluding hydrogens is 884 g/mol.